The van der Waals surface area contributed by atoms with Crippen LogP contribution in [0.5, 0.6) is 0 Å². The topological polar surface area (TPSA) is 43.4 Å². The van der Waals surface area contributed by atoms with E-state index in [9.17, 15) is 8.42 Å². The average molecular weight is 267 g/mol. The van der Waals surface area contributed by atoms with Gasteiger partial charge in [-0.15, -0.1) is 0 Å². The Morgan fingerprint density at radius 2 is 1.69 bits per heavy atom. The van der Waals surface area contributed by atoms with E-state index in [0.717, 1.165) is 6.42 Å². The van der Waals surface area contributed by atoms with Crippen molar-refractivity contribution < 1.29 is 13.2 Å². The van der Waals surface area contributed by atoms with Crippen LogP contribution in [-0.4, -0.2) is 24.4 Å². The van der Waals surface area contributed by atoms with Gasteiger partial charge in [-0.05, 0) is 47.0 Å². The predicted molar refractivity (Wildman–Crippen MR) is 64.1 cm³/mol. The third kappa shape index (κ3) is 1.79. The third-order valence-electron chi connectivity index (χ3n) is 3.94. The zero-order valence-corrected chi connectivity index (χ0v) is 11.8. The zero-order valence-electron chi connectivity index (χ0n) is 10.2. The Kier molecular flexibility index (Phi) is 2.49. The van der Waals surface area contributed by atoms with Crippen molar-refractivity contribution in [2.24, 2.45) is 5.92 Å². The molecule has 1 saturated heterocycles. The van der Waals surface area contributed by atoms with E-state index in [1.165, 1.54) is 0 Å². The van der Waals surface area contributed by atoms with Crippen LogP contribution in [0.4, 0.5) is 0 Å². The molecule has 0 N–H and O–H groups in total. The number of hydrogen-bond donors (Lipinski definition) is 0. The van der Waals surface area contributed by atoms with E-state index in [2.05, 4.69) is 0 Å². The Hall–Kier alpha value is 0.200. The minimum Gasteiger partial charge on any atom is -0.369 e. The maximum absolute atomic E-state index is 11.7. The van der Waals surface area contributed by atoms with E-state index in [1.807, 2.05) is 27.7 Å². The summed E-state index contributed by atoms with van der Waals surface area (Å²) in [6.45, 7) is 7.94. The van der Waals surface area contributed by atoms with Crippen molar-refractivity contribution >= 4 is 19.7 Å². The van der Waals surface area contributed by atoms with Crippen molar-refractivity contribution in [1.29, 1.82) is 0 Å². The molecule has 1 aliphatic carbocycles. The Balaban J connectivity index is 2.37. The first-order valence-electron chi connectivity index (χ1n) is 5.65. The highest BCUT2D eigenvalue weighted by Crippen LogP contribution is 2.60. The van der Waals surface area contributed by atoms with E-state index in [4.69, 9.17) is 15.4 Å². The van der Waals surface area contributed by atoms with Gasteiger partial charge in [-0.3, -0.25) is 0 Å². The fraction of sp³-hybridized carbons (Fsp3) is 1.00. The lowest BCUT2D eigenvalue weighted by atomic mass is 9.83. The summed E-state index contributed by atoms with van der Waals surface area (Å²) in [5.74, 6) is -0.00231. The van der Waals surface area contributed by atoms with Gasteiger partial charge in [0.05, 0.1) is 15.9 Å². The molecule has 0 aromatic heterocycles. The fourth-order valence-corrected chi connectivity index (χ4v) is 5.35. The second kappa shape index (κ2) is 3.15. The van der Waals surface area contributed by atoms with Crippen LogP contribution in [0.2, 0.25) is 0 Å². The van der Waals surface area contributed by atoms with Crippen LogP contribution in [0, 0.1) is 5.92 Å². The van der Waals surface area contributed by atoms with Crippen molar-refractivity contribution in [3.05, 3.63) is 0 Å². The summed E-state index contributed by atoms with van der Waals surface area (Å²) < 4.78 is 28.6. The van der Waals surface area contributed by atoms with E-state index < -0.39 is 19.4 Å². The zero-order chi connectivity index (χ0) is 12.4. The van der Waals surface area contributed by atoms with Crippen molar-refractivity contribution in [2.45, 2.75) is 62.9 Å². The van der Waals surface area contributed by atoms with Crippen LogP contribution in [0.1, 0.15) is 47.0 Å². The Morgan fingerprint density at radius 1 is 1.19 bits per heavy atom. The highest BCUT2D eigenvalue weighted by molar-refractivity contribution is 8.15. The average Bonchev–Trinajstić information content (AvgIpc) is 2.72. The van der Waals surface area contributed by atoms with Crippen molar-refractivity contribution in [3.63, 3.8) is 0 Å². The van der Waals surface area contributed by atoms with Crippen LogP contribution in [0.25, 0.3) is 0 Å². The molecule has 94 valence electrons. The highest BCUT2D eigenvalue weighted by atomic mass is 35.7. The van der Waals surface area contributed by atoms with Gasteiger partial charge in [-0.2, -0.15) is 0 Å². The van der Waals surface area contributed by atoms with Gasteiger partial charge in [0, 0.05) is 16.6 Å². The summed E-state index contributed by atoms with van der Waals surface area (Å²) in [5.41, 5.74) is -0.673. The lowest BCUT2D eigenvalue weighted by Crippen LogP contribution is -2.40. The molecule has 2 fully saturated rings. The normalized spacial score (nSPS) is 34.9. The van der Waals surface area contributed by atoms with Gasteiger partial charge in [0.25, 0.3) is 0 Å². The minimum atomic E-state index is -3.50. The molecule has 0 aromatic carbocycles. The minimum absolute atomic E-state index is 0.00231. The molecule has 1 unspecified atom stereocenters. The molecule has 1 atom stereocenters. The molecule has 1 aliphatic heterocycles. The number of halogens is 1. The Morgan fingerprint density at radius 3 is 1.94 bits per heavy atom. The van der Waals surface area contributed by atoms with Gasteiger partial charge in [0.2, 0.25) is 9.05 Å². The maximum Gasteiger partial charge on any atom is 0.238 e. The van der Waals surface area contributed by atoms with E-state index >= 15 is 0 Å². The molecule has 2 rings (SSSR count). The van der Waals surface area contributed by atoms with Gasteiger partial charge in [-0.25, -0.2) is 8.42 Å². The van der Waals surface area contributed by atoms with Gasteiger partial charge in [0.1, 0.15) is 0 Å². The lowest BCUT2D eigenvalue weighted by Gasteiger charge is -2.31. The number of rotatable bonds is 2. The van der Waals surface area contributed by atoms with E-state index in [1.54, 1.807) is 0 Å². The van der Waals surface area contributed by atoms with Gasteiger partial charge in [0.15, 0.2) is 0 Å². The summed E-state index contributed by atoms with van der Waals surface area (Å²) in [7, 11) is 2.10. The van der Waals surface area contributed by atoms with Crippen LogP contribution < -0.4 is 0 Å². The molecular weight excluding hydrogens is 248 g/mol. The number of ether oxygens (including phenoxy) is 1. The number of hydrogen-bond acceptors (Lipinski definition) is 3. The van der Waals surface area contributed by atoms with Crippen LogP contribution in [0.15, 0.2) is 0 Å². The van der Waals surface area contributed by atoms with Crippen molar-refractivity contribution in [3.8, 4) is 0 Å². The van der Waals surface area contributed by atoms with Crippen LogP contribution in [-0.2, 0) is 13.8 Å². The van der Waals surface area contributed by atoms with Gasteiger partial charge < -0.3 is 4.74 Å². The first-order chi connectivity index (χ1) is 7.00. The van der Waals surface area contributed by atoms with E-state index in [-0.39, 0.29) is 11.5 Å². The Labute approximate surface area is 102 Å². The second-order valence-electron chi connectivity index (χ2n) is 6.22. The molecule has 1 heterocycles. The molecule has 3 nitrogen and oxygen atoms in total. The van der Waals surface area contributed by atoms with Gasteiger partial charge in [-0.1, -0.05) is 0 Å². The standard InChI is InChI=1S/C11H19ClO3S/c1-9(2)7-8(10(3,4)15-9)11(5-6-11)16(12,13)14/h8H,5-7H2,1-4H3. The fourth-order valence-electron chi connectivity index (χ4n) is 3.27. The first kappa shape index (κ1) is 12.7. The monoisotopic (exact) mass is 266 g/mol. The van der Waals surface area contributed by atoms with Crippen molar-refractivity contribution in [1.82, 2.24) is 0 Å². The molecular formula is C11H19ClO3S. The molecule has 2 aliphatic rings. The smallest absolute Gasteiger partial charge is 0.238 e. The molecule has 1 saturated carbocycles. The van der Waals surface area contributed by atoms with Crippen molar-refractivity contribution in [2.75, 3.05) is 0 Å². The quantitative estimate of drug-likeness (QED) is 0.722. The summed E-state index contributed by atoms with van der Waals surface area (Å²) in [4.78, 5) is 0. The molecule has 0 spiro atoms. The SMILES string of the molecule is CC1(C)CC(C2(S(=O)(=O)Cl)CC2)C(C)(C)O1. The molecule has 5 heteroatoms. The molecule has 16 heavy (non-hydrogen) atoms. The van der Waals surface area contributed by atoms with Crippen LogP contribution in [0.3, 0.4) is 0 Å². The largest absolute Gasteiger partial charge is 0.369 e. The molecule has 0 amide bonds. The Bertz CT molecular complexity index is 407. The van der Waals surface area contributed by atoms with Gasteiger partial charge >= 0.3 is 0 Å². The molecule has 0 radical (unpaired) electrons. The van der Waals surface area contributed by atoms with Crippen LogP contribution >= 0.6 is 10.7 Å². The first-order valence-corrected chi connectivity index (χ1v) is 7.96. The molecule has 0 aromatic rings. The third-order valence-corrected chi connectivity index (χ3v) is 6.52. The predicted octanol–water partition coefficient (Wildman–Crippen LogP) is 2.68. The summed E-state index contributed by atoms with van der Waals surface area (Å²) in [6, 6.07) is 0. The summed E-state index contributed by atoms with van der Waals surface area (Å²) in [5, 5.41) is 0. The highest BCUT2D eigenvalue weighted by Gasteiger charge is 2.66. The maximum atomic E-state index is 11.7. The molecule has 0 bridgehead atoms. The summed E-state index contributed by atoms with van der Waals surface area (Å²) >= 11 is 0. The van der Waals surface area contributed by atoms with E-state index in [0.29, 0.717) is 12.8 Å². The second-order valence-corrected chi connectivity index (χ2v) is 9.13. The lowest BCUT2D eigenvalue weighted by molar-refractivity contribution is -0.0754. The summed E-state index contributed by atoms with van der Waals surface area (Å²) in [6.07, 6.45) is 2.10.